The van der Waals surface area contributed by atoms with E-state index in [1.54, 1.807) is 13.2 Å². The molecule has 0 unspecified atom stereocenters. The van der Waals surface area contributed by atoms with Gasteiger partial charge in [0.05, 0.1) is 19.3 Å². The second-order valence-corrected chi connectivity index (χ2v) is 10.5. The van der Waals surface area contributed by atoms with Crippen molar-refractivity contribution in [3.05, 3.63) is 77.4 Å². The number of hydrogen-bond donors (Lipinski definition) is 3. The number of benzene rings is 3. The summed E-state index contributed by atoms with van der Waals surface area (Å²) in [6.45, 7) is 1.09. The van der Waals surface area contributed by atoms with E-state index in [2.05, 4.69) is 16.0 Å². The van der Waals surface area contributed by atoms with Gasteiger partial charge in [0.15, 0.2) is 6.04 Å². The van der Waals surface area contributed by atoms with Gasteiger partial charge in [0.2, 0.25) is 0 Å². The number of carboxylic acid groups (broad SMARTS) is 1. The number of nitrogens with one attached hydrogen (secondary N) is 1. The van der Waals surface area contributed by atoms with Gasteiger partial charge in [-0.1, -0.05) is 37.5 Å². The van der Waals surface area contributed by atoms with Gasteiger partial charge in [-0.3, -0.25) is 4.79 Å². The van der Waals surface area contributed by atoms with E-state index >= 15 is 0 Å². The quantitative estimate of drug-likeness (QED) is 0.276. The van der Waals surface area contributed by atoms with Gasteiger partial charge in [0, 0.05) is 28.1 Å². The molecule has 8 nitrogen and oxygen atoms in total. The summed E-state index contributed by atoms with van der Waals surface area (Å²) >= 11 is 0. The van der Waals surface area contributed by atoms with Gasteiger partial charge in [-0.2, -0.15) is 0 Å². The molecule has 0 saturated heterocycles. The Morgan fingerprint density at radius 1 is 1.02 bits per heavy atom. The minimum Gasteiger partial charge on any atom is -0.508 e. The number of hydrogen-bond acceptors (Lipinski definition) is 5. The summed E-state index contributed by atoms with van der Waals surface area (Å²) in [4.78, 5) is 25.4. The Balaban J connectivity index is 1.45. The van der Waals surface area contributed by atoms with E-state index in [0.29, 0.717) is 30.2 Å². The van der Waals surface area contributed by atoms with Crippen LogP contribution in [0, 0.1) is 0 Å². The van der Waals surface area contributed by atoms with Gasteiger partial charge < -0.3 is 29.6 Å². The molecule has 1 fully saturated rings. The lowest BCUT2D eigenvalue weighted by atomic mass is 9.81. The molecule has 0 bridgehead atoms. The molecule has 0 spiro atoms. The average molecular weight is 541 g/mol. The van der Waals surface area contributed by atoms with Gasteiger partial charge in [0.25, 0.3) is 5.91 Å². The molecule has 1 aliphatic carbocycles. The number of amides is 1. The number of aromatic hydroxyl groups is 1. The molecule has 40 heavy (non-hydrogen) atoms. The van der Waals surface area contributed by atoms with Crippen LogP contribution >= 0.6 is 0 Å². The largest absolute Gasteiger partial charge is 0.508 e. The highest BCUT2D eigenvalue weighted by molar-refractivity contribution is 6.02. The second kappa shape index (κ2) is 10.6. The molecule has 3 N–H and O–H groups in total. The highest BCUT2D eigenvalue weighted by Crippen LogP contribution is 2.47. The molecule has 206 valence electrons. The van der Waals surface area contributed by atoms with Crippen LogP contribution < -0.4 is 14.8 Å². The van der Waals surface area contributed by atoms with Crippen molar-refractivity contribution >= 4 is 22.8 Å². The van der Waals surface area contributed by atoms with Crippen molar-refractivity contribution in [1.82, 2.24) is 9.88 Å². The molecule has 3 aromatic carbocycles. The zero-order valence-corrected chi connectivity index (χ0v) is 22.4. The van der Waals surface area contributed by atoms with Crippen molar-refractivity contribution in [2.24, 2.45) is 0 Å². The van der Waals surface area contributed by atoms with Crippen molar-refractivity contribution in [3.63, 3.8) is 0 Å². The summed E-state index contributed by atoms with van der Waals surface area (Å²) in [6.07, 6.45) is 5.87. The minimum absolute atomic E-state index is 0.0244. The zero-order valence-electron chi connectivity index (χ0n) is 22.4. The highest BCUT2D eigenvalue weighted by atomic mass is 16.5. The first-order chi connectivity index (χ1) is 19.4. The number of aliphatic carboxylic acids is 1. The first kappa shape index (κ1) is 25.8. The zero-order chi connectivity index (χ0) is 27.8. The molecular weight excluding hydrogens is 508 g/mol. The van der Waals surface area contributed by atoms with Gasteiger partial charge in [-0.25, -0.2) is 4.79 Å². The van der Waals surface area contributed by atoms with Crippen molar-refractivity contribution in [1.29, 1.82) is 0 Å². The van der Waals surface area contributed by atoms with Crippen LogP contribution in [0.1, 0.15) is 65.5 Å². The van der Waals surface area contributed by atoms with E-state index < -0.39 is 17.9 Å². The van der Waals surface area contributed by atoms with Gasteiger partial charge in [-0.15, -0.1) is 0 Å². The van der Waals surface area contributed by atoms with E-state index in [1.165, 1.54) is 49.1 Å². The monoisotopic (exact) mass is 540 g/mol. The number of ether oxygens (including phenoxy) is 2. The number of carbonyl (C=O) groups is 2. The topological polar surface area (TPSA) is 110 Å². The fourth-order valence-corrected chi connectivity index (χ4v) is 6.21. The maximum absolute atomic E-state index is 13.4. The Morgan fingerprint density at radius 3 is 2.52 bits per heavy atom. The first-order valence-corrected chi connectivity index (χ1v) is 13.7. The lowest BCUT2D eigenvalue weighted by Crippen LogP contribution is -2.33. The number of carboxylic acids is 1. The molecule has 1 aliphatic heterocycles. The highest BCUT2D eigenvalue weighted by Gasteiger charge is 2.30. The minimum atomic E-state index is -1.25. The fourth-order valence-electron chi connectivity index (χ4n) is 6.21. The summed E-state index contributed by atoms with van der Waals surface area (Å²) in [5.41, 5.74) is 5.13. The van der Waals surface area contributed by atoms with E-state index in [0.717, 1.165) is 46.5 Å². The average Bonchev–Trinajstić information content (AvgIpc) is 3.17. The Hall–Kier alpha value is -4.46. The molecule has 1 aromatic heterocycles. The first-order valence-electron chi connectivity index (χ1n) is 13.7. The van der Waals surface area contributed by atoms with Crippen LogP contribution in [0.4, 0.5) is 0 Å². The number of aromatic nitrogens is 1. The molecule has 8 heteroatoms. The van der Waals surface area contributed by atoms with Crippen LogP contribution in [0.2, 0.25) is 0 Å². The molecule has 1 saturated carbocycles. The molecule has 4 aromatic rings. The Bertz CT molecular complexity index is 1580. The van der Waals surface area contributed by atoms with E-state index in [4.69, 9.17) is 9.47 Å². The molecule has 2 aliphatic rings. The third-order valence-corrected chi connectivity index (χ3v) is 8.14. The number of phenols is 1. The molecule has 0 radical (unpaired) electrons. The number of methoxy groups -OCH3 is 1. The van der Waals surface area contributed by atoms with Crippen molar-refractivity contribution in [2.75, 3.05) is 13.7 Å². The number of carbonyl (C=O) groups excluding carboxylic acids is 1. The SMILES string of the molecule is COc1ccc2c(c1)OCCn1c-2c(C2CCCCC2)c2ccc(C(=O)N[C@@H](C(=O)O)c3ccc(O)cc3)cc21. The third kappa shape index (κ3) is 4.63. The predicted octanol–water partition coefficient (Wildman–Crippen LogP) is 6.02. The van der Waals surface area contributed by atoms with E-state index in [9.17, 15) is 19.8 Å². The lowest BCUT2D eigenvalue weighted by molar-refractivity contribution is -0.139. The van der Waals surface area contributed by atoms with Gasteiger partial charge in [-0.05, 0) is 66.3 Å². The third-order valence-electron chi connectivity index (χ3n) is 8.14. The lowest BCUT2D eigenvalue weighted by Gasteiger charge is -2.23. The van der Waals surface area contributed by atoms with E-state index in [-0.39, 0.29) is 5.75 Å². The summed E-state index contributed by atoms with van der Waals surface area (Å²) in [7, 11) is 1.64. The summed E-state index contributed by atoms with van der Waals surface area (Å²) in [6, 6.07) is 16.1. The summed E-state index contributed by atoms with van der Waals surface area (Å²) < 4.78 is 13.9. The van der Waals surface area contributed by atoms with Crippen LogP contribution in [0.25, 0.3) is 22.2 Å². The Labute approximate surface area is 232 Å². The van der Waals surface area contributed by atoms with Crippen LogP contribution in [0.3, 0.4) is 0 Å². The normalized spacial score (nSPS) is 15.8. The number of fused-ring (bicyclic) bond motifs is 5. The summed E-state index contributed by atoms with van der Waals surface area (Å²) in [5, 5.41) is 23.2. The van der Waals surface area contributed by atoms with Gasteiger partial charge in [0.1, 0.15) is 23.9 Å². The van der Waals surface area contributed by atoms with Crippen LogP contribution in [0.5, 0.6) is 17.2 Å². The summed E-state index contributed by atoms with van der Waals surface area (Å²) in [5.74, 6) is 0.298. The maximum atomic E-state index is 13.4. The standard InChI is InChI=1S/C32H32N2O6/c1-39-23-12-14-25-27(18-23)40-16-15-34-26-17-21(9-13-24(26)28(30(25)34)19-5-3-2-4-6-19)31(36)33-29(32(37)38)20-7-10-22(35)11-8-20/h7-14,17-19,29,35H,2-6,15-16H2,1H3,(H,33,36)(H,37,38)/t29-/m1/s1. The van der Waals surface area contributed by atoms with Crippen LogP contribution in [0.15, 0.2) is 60.7 Å². The molecule has 1 atom stereocenters. The van der Waals surface area contributed by atoms with Crippen LogP contribution in [-0.4, -0.2) is 40.4 Å². The number of rotatable bonds is 6. The van der Waals surface area contributed by atoms with E-state index in [1.807, 2.05) is 24.3 Å². The number of nitrogens with zero attached hydrogens (tertiary/aromatic N) is 1. The molecule has 6 rings (SSSR count). The smallest absolute Gasteiger partial charge is 0.330 e. The Morgan fingerprint density at radius 2 is 1.80 bits per heavy atom. The molecular formula is C32H32N2O6. The fraction of sp³-hybridized carbons (Fsp3) is 0.312. The van der Waals surface area contributed by atoms with Crippen molar-refractivity contribution < 1.29 is 29.3 Å². The van der Waals surface area contributed by atoms with Crippen molar-refractivity contribution in [3.8, 4) is 28.5 Å². The molecule has 1 amide bonds. The van der Waals surface area contributed by atoms with Gasteiger partial charge >= 0.3 is 5.97 Å². The van der Waals surface area contributed by atoms with Crippen molar-refractivity contribution in [2.45, 2.75) is 50.6 Å². The number of phenolic OH excluding ortho intramolecular Hbond substituents is 1. The maximum Gasteiger partial charge on any atom is 0.330 e. The second-order valence-electron chi connectivity index (χ2n) is 10.5. The molecule has 2 heterocycles. The Kier molecular flexibility index (Phi) is 6.84. The predicted molar refractivity (Wildman–Crippen MR) is 151 cm³/mol. The van der Waals surface area contributed by atoms with Crippen LogP contribution in [-0.2, 0) is 11.3 Å².